The normalized spacial score (nSPS) is 14.1. The lowest BCUT2D eigenvalue weighted by Crippen LogP contribution is -2.45. The topological polar surface area (TPSA) is 105 Å². The average Bonchev–Trinajstić information content (AvgIpc) is 3.12. The molecule has 2 aromatic carbocycles. The van der Waals surface area contributed by atoms with E-state index in [-0.39, 0.29) is 19.1 Å². The molecule has 0 fully saturated rings. The first-order valence-electron chi connectivity index (χ1n) is 10.5. The number of hydrogen-bond acceptors (Lipinski definition) is 5. The number of carbonyl (C=O) groups is 3. The van der Waals surface area contributed by atoms with E-state index < -0.39 is 29.9 Å². The predicted octanol–water partition coefficient (Wildman–Crippen LogP) is 3.48. The number of aliphatic carboxylic acids is 1. The first-order valence-corrected chi connectivity index (χ1v) is 11.9. The summed E-state index contributed by atoms with van der Waals surface area (Å²) in [7, 11) is 0. The Morgan fingerprint density at radius 3 is 2.22 bits per heavy atom. The van der Waals surface area contributed by atoms with Gasteiger partial charge in [-0.2, -0.15) is 11.8 Å². The molecule has 3 N–H and O–H groups in total. The number of carboxylic acids is 1. The third-order valence-corrected chi connectivity index (χ3v) is 6.21. The highest BCUT2D eigenvalue weighted by molar-refractivity contribution is 7.98. The Bertz CT molecular complexity index is 935. The van der Waals surface area contributed by atoms with Crippen LogP contribution >= 0.6 is 11.8 Å². The second-order valence-corrected chi connectivity index (χ2v) is 8.77. The first-order chi connectivity index (χ1) is 15.4. The maximum absolute atomic E-state index is 12.3. The SMILES string of the molecule is CSCC[C@H](NC(=O)C(C)CNC(=O)OCC1c2ccccc2-c2ccccc21)C(=O)O. The Kier molecular flexibility index (Phi) is 8.16. The van der Waals surface area contributed by atoms with Gasteiger partial charge in [-0.05, 0) is 40.7 Å². The quantitative estimate of drug-likeness (QED) is 0.506. The van der Waals surface area contributed by atoms with E-state index in [1.54, 1.807) is 6.92 Å². The van der Waals surface area contributed by atoms with Crippen LogP contribution in [0.2, 0.25) is 0 Å². The van der Waals surface area contributed by atoms with Gasteiger partial charge in [-0.3, -0.25) is 4.79 Å². The molecular formula is C24H28N2O5S. The minimum Gasteiger partial charge on any atom is -0.480 e. The van der Waals surface area contributed by atoms with E-state index in [1.807, 2.05) is 42.7 Å². The Morgan fingerprint density at radius 1 is 1.06 bits per heavy atom. The van der Waals surface area contributed by atoms with Crippen molar-refractivity contribution in [3.63, 3.8) is 0 Å². The summed E-state index contributed by atoms with van der Waals surface area (Å²) in [6.45, 7) is 1.88. The van der Waals surface area contributed by atoms with E-state index in [0.29, 0.717) is 12.2 Å². The van der Waals surface area contributed by atoms with E-state index in [1.165, 1.54) is 11.8 Å². The minimum absolute atomic E-state index is 0.0402. The number of hydrogen-bond donors (Lipinski definition) is 3. The lowest BCUT2D eigenvalue weighted by Gasteiger charge is -2.18. The molecule has 170 valence electrons. The Balaban J connectivity index is 1.50. The van der Waals surface area contributed by atoms with E-state index in [9.17, 15) is 19.5 Å². The molecule has 2 amide bonds. The van der Waals surface area contributed by atoms with Crippen LogP contribution in [0.1, 0.15) is 30.4 Å². The molecule has 0 bridgehead atoms. The molecule has 1 aliphatic rings. The molecule has 2 atom stereocenters. The van der Waals surface area contributed by atoms with Crippen molar-refractivity contribution in [1.82, 2.24) is 10.6 Å². The van der Waals surface area contributed by atoms with Gasteiger partial charge in [-0.15, -0.1) is 0 Å². The first kappa shape index (κ1) is 23.7. The highest BCUT2D eigenvalue weighted by atomic mass is 32.2. The fraction of sp³-hybridized carbons (Fsp3) is 0.375. The number of thioether (sulfide) groups is 1. The van der Waals surface area contributed by atoms with Crippen molar-refractivity contribution in [2.45, 2.75) is 25.3 Å². The third kappa shape index (κ3) is 5.62. The number of ether oxygens (including phenoxy) is 1. The number of rotatable bonds is 10. The number of benzene rings is 2. The summed E-state index contributed by atoms with van der Waals surface area (Å²) in [5.41, 5.74) is 4.55. The van der Waals surface area contributed by atoms with Crippen molar-refractivity contribution in [3.8, 4) is 11.1 Å². The third-order valence-electron chi connectivity index (χ3n) is 5.57. The van der Waals surface area contributed by atoms with Crippen molar-refractivity contribution < 1.29 is 24.2 Å². The van der Waals surface area contributed by atoms with Gasteiger partial charge in [-0.1, -0.05) is 55.5 Å². The van der Waals surface area contributed by atoms with Crippen molar-refractivity contribution in [2.24, 2.45) is 5.92 Å². The van der Waals surface area contributed by atoms with Crippen molar-refractivity contribution in [1.29, 1.82) is 0 Å². The van der Waals surface area contributed by atoms with Crippen LogP contribution in [-0.2, 0) is 14.3 Å². The lowest BCUT2D eigenvalue weighted by atomic mass is 9.98. The zero-order valence-electron chi connectivity index (χ0n) is 18.2. The van der Waals surface area contributed by atoms with Crippen LogP contribution in [0, 0.1) is 5.92 Å². The van der Waals surface area contributed by atoms with Crippen LogP contribution in [-0.4, -0.2) is 54.3 Å². The van der Waals surface area contributed by atoms with E-state index in [2.05, 4.69) is 22.8 Å². The fourth-order valence-electron chi connectivity index (χ4n) is 3.79. The molecule has 0 heterocycles. The molecule has 0 aliphatic heterocycles. The highest BCUT2D eigenvalue weighted by Gasteiger charge is 2.29. The van der Waals surface area contributed by atoms with Gasteiger partial charge in [0.2, 0.25) is 5.91 Å². The number of amides is 2. The maximum Gasteiger partial charge on any atom is 0.407 e. The van der Waals surface area contributed by atoms with E-state index >= 15 is 0 Å². The molecule has 7 nitrogen and oxygen atoms in total. The summed E-state index contributed by atoms with van der Waals surface area (Å²) >= 11 is 1.52. The van der Waals surface area contributed by atoms with Crippen LogP contribution in [0.4, 0.5) is 4.79 Å². The largest absolute Gasteiger partial charge is 0.480 e. The number of alkyl carbamates (subject to hydrolysis) is 1. The summed E-state index contributed by atoms with van der Waals surface area (Å²) < 4.78 is 5.46. The standard InChI is InChI=1S/C24H28N2O5S/c1-15(22(27)26-21(23(28)29)11-12-32-2)13-25-24(30)31-14-20-18-9-5-3-7-16(18)17-8-4-6-10-19(17)20/h3-10,15,20-21H,11-14H2,1-2H3,(H,25,30)(H,26,27)(H,28,29)/t15?,21-/m0/s1. The van der Waals surface area contributed by atoms with E-state index in [0.717, 1.165) is 22.3 Å². The molecule has 0 aromatic heterocycles. The molecule has 0 radical (unpaired) electrons. The summed E-state index contributed by atoms with van der Waals surface area (Å²) in [5, 5.41) is 14.4. The zero-order valence-corrected chi connectivity index (χ0v) is 19.0. The Hall–Kier alpha value is -3.00. The summed E-state index contributed by atoms with van der Waals surface area (Å²) in [6.07, 6.45) is 1.61. The molecule has 0 spiro atoms. The van der Waals surface area contributed by atoms with Crippen LogP contribution in [0.5, 0.6) is 0 Å². The number of carboxylic acid groups (broad SMARTS) is 1. The Morgan fingerprint density at radius 2 is 1.66 bits per heavy atom. The summed E-state index contributed by atoms with van der Waals surface area (Å²) in [4.78, 5) is 35.9. The minimum atomic E-state index is -1.07. The molecule has 0 saturated carbocycles. The van der Waals surface area contributed by atoms with Gasteiger partial charge in [0.05, 0.1) is 5.92 Å². The highest BCUT2D eigenvalue weighted by Crippen LogP contribution is 2.44. The van der Waals surface area contributed by atoms with Crippen LogP contribution in [0.25, 0.3) is 11.1 Å². The molecule has 8 heteroatoms. The smallest absolute Gasteiger partial charge is 0.407 e. The van der Waals surface area contributed by atoms with Gasteiger partial charge in [0.25, 0.3) is 0 Å². The number of fused-ring (bicyclic) bond motifs is 3. The number of nitrogens with one attached hydrogen (secondary N) is 2. The van der Waals surface area contributed by atoms with Crippen molar-refractivity contribution in [2.75, 3.05) is 25.2 Å². The monoisotopic (exact) mass is 456 g/mol. The van der Waals surface area contributed by atoms with Crippen LogP contribution in [0.3, 0.4) is 0 Å². The van der Waals surface area contributed by atoms with Crippen molar-refractivity contribution in [3.05, 3.63) is 59.7 Å². The molecule has 3 rings (SSSR count). The van der Waals surface area contributed by atoms with Crippen molar-refractivity contribution >= 4 is 29.7 Å². The molecular weight excluding hydrogens is 428 g/mol. The molecule has 2 aromatic rings. The van der Waals surface area contributed by atoms with Gasteiger partial charge in [0.15, 0.2) is 0 Å². The predicted molar refractivity (Wildman–Crippen MR) is 125 cm³/mol. The fourth-order valence-corrected chi connectivity index (χ4v) is 4.26. The van der Waals surface area contributed by atoms with Gasteiger partial charge in [0.1, 0.15) is 12.6 Å². The van der Waals surface area contributed by atoms with Crippen LogP contribution in [0.15, 0.2) is 48.5 Å². The second kappa shape index (κ2) is 11.0. The molecule has 0 saturated heterocycles. The van der Waals surface area contributed by atoms with Gasteiger partial charge < -0.3 is 20.5 Å². The average molecular weight is 457 g/mol. The molecule has 32 heavy (non-hydrogen) atoms. The summed E-state index contributed by atoms with van der Waals surface area (Å²) in [6, 6.07) is 15.2. The molecule has 1 unspecified atom stereocenters. The van der Waals surface area contributed by atoms with E-state index in [4.69, 9.17) is 4.74 Å². The van der Waals surface area contributed by atoms with Crippen LogP contribution < -0.4 is 10.6 Å². The van der Waals surface area contributed by atoms with Gasteiger partial charge in [0, 0.05) is 12.5 Å². The van der Waals surface area contributed by atoms with Gasteiger partial charge in [-0.25, -0.2) is 9.59 Å². The maximum atomic E-state index is 12.3. The lowest BCUT2D eigenvalue weighted by molar-refractivity contribution is -0.142. The second-order valence-electron chi connectivity index (χ2n) is 7.79. The number of carbonyl (C=O) groups excluding carboxylic acids is 2. The Labute approximate surface area is 191 Å². The van der Waals surface area contributed by atoms with Gasteiger partial charge >= 0.3 is 12.1 Å². The zero-order chi connectivity index (χ0) is 23.1. The molecule has 1 aliphatic carbocycles. The summed E-state index contributed by atoms with van der Waals surface area (Å²) in [5.74, 6) is -1.49.